The molecule has 2 aliphatic rings. The van der Waals surface area contributed by atoms with Gasteiger partial charge in [-0.3, -0.25) is 0 Å². The smallest absolute Gasteiger partial charge is 0.338 e. The number of nitriles is 1. The van der Waals surface area contributed by atoms with Crippen molar-refractivity contribution in [2.24, 2.45) is 17.1 Å². The molecule has 2 aromatic rings. The molecular weight excluding hydrogens is 438 g/mol. The molecule has 8 heteroatoms. The molecule has 1 aromatic heterocycles. The lowest BCUT2D eigenvalue weighted by Crippen LogP contribution is -2.37. The lowest BCUT2D eigenvalue weighted by Gasteiger charge is -2.31. The fraction of sp³-hybridized carbons (Fsp3) is 0.400. The Bertz CT molecular complexity index is 1240. The third-order valence-corrected chi connectivity index (χ3v) is 6.78. The highest BCUT2D eigenvalue weighted by Crippen LogP contribution is 2.48. The van der Waals surface area contributed by atoms with Gasteiger partial charge in [0.25, 0.3) is 0 Å². The van der Waals surface area contributed by atoms with Gasteiger partial charge in [-0.15, -0.1) is 11.3 Å². The number of fused-ring (bicyclic) bond motifs is 1. The van der Waals surface area contributed by atoms with Crippen molar-refractivity contribution in [3.05, 3.63) is 57.4 Å². The van der Waals surface area contributed by atoms with Crippen LogP contribution in [0.5, 0.6) is 0 Å². The Labute approximate surface area is 196 Å². The van der Waals surface area contributed by atoms with E-state index in [4.69, 9.17) is 15.2 Å². The standard InChI is InChI=1S/C25H27N3O4S/c1-25(2,3)12-32-24(30)19-17(16-11-33-21-14(10-26)6-5-7-15(16)21)18(23(29)31-4)20(13-8-9-13)28-22(19)27/h5-7,11,13,17,28H,8-9,12,27H2,1-4H3. The van der Waals surface area contributed by atoms with Crippen LogP contribution in [0.4, 0.5) is 0 Å². The van der Waals surface area contributed by atoms with Crippen molar-refractivity contribution < 1.29 is 19.1 Å². The predicted molar refractivity (Wildman–Crippen MR) is 126 cm³/mol. The molecular formula is C25H27N3O4S. The molecule has 1 atom stereocenters. The van der Waals surface area contributed by atoms with Gasteiger partial charge in [-0.25, -0.2) is 9.59 Å². The highest BCUT2D eigenvalue weighted by molar-refractivity contribution is 7.17. The largest absolute Gasteiger partial charge is 0.466 e. The average Bonchev–Trinajstić information content (AvgIpc) is 3.54. The number of allylic oxidation sites excluding steroid dienone is 1. The van der Waals surface area contributed by atoms with Gasteiger partial charge < -0.3 is 20.5 Å². The fourth-order valence-corrected chi connectivity index (χ4v) is 5.12. The molecule has 1 unspecified atom stereocenters. The van der Waals surface area contributed by atoms with E-state index in [1.165, 1.54) is 18.4 Å². The maximum atomic E-state index is 13.3. The molecule has 0 bridgehead atoms. The summed E-state index contributed by atoms with van der Waals surface area (Å²) in [5, 5.41) is 15.4. The zero-order chi connectivity index (χ0) is 23.9. The van der Waals surface area contributed by atoms with E-state index in [1.54, 1.807) is 12.1 Å². The first-order chi connectivity index (χ1) is 15.7. The van der Waals surface area contributed by atoms with Gasteiger partial charge in [0, 0.05) is 5.70 Å². The molecule has 0 saturated heterocycles. The zero-order valence-electron chi connectivity index (χ0n) is 19.2. The minimum Gasteiger partial charge on any atom is -0.466 e. The molecule has 1 fully saturated rings. The number of dihydropyridines is 1. The average molecular weight is 466 g/mol. The van der Waals surface area contributed by atoms with Crippen LogP contribution in [0.1, 0.15) is 50.7 Å². The van der Waals surface area contributed by atoms with Crippen LogP contribution >= 0.6 is 11.3 Å². The van der Waals surface area contributed by atoms with Crippen LogP contribution in [0, 0.1) is 22.7 Å². The normalized spacial score (nSPS) is 18.7. The van der Waals surface area contributed by atoms with Gasteiger partial charge in [0.15, 0.2) is 0 Å². The second-order valence-electron chi connectivity index (χ2n) is 9.60. The molecule has 1 aliphatic carbocycles. The third-order valence-electron chi connectivity index (χ3n) is 5.74. The number of methoxy groups -OCH3 is 1. The zero-order valence-corrected chi connectivity index (χ0v) is 20.0. The highest BCUT2D eigenvalue weighted by Gasteiger charge is 2.44. The van der Waals surface area contributed by atoms with Gasteiger partial charge in [0.05, 0.1) is 41.0 Å². The Kier molecular flexibility index (Phi) is 5.93. The van der Waals surface area contributed by atoms with E-state index in [-0.39, 0.29) is 29.3 Å². The first kappa shape index (κ1) is 22.9. The Morgan fingerprint density at radius 1 is 1.24 bits per heavy atom. The number of thiophene rings is 1. The third kappa shape index (κ3) is 4.33. The Hall–Kier alpha value is -3.31. The van der Waals surface area contributed by atoms with Gasteiger partial charge in [-0.2, -0.15) is 5.26 Å². The van der Waals surface area contributed by atoms with E-state index in [0.717, 1.165) is 28.5 Å². The van der Waals surface area contributed by atoms with Crippen molar-refractivity contribution in [3.8, 4) is 6.07 Å². The number of ether oxygens (including phenoxy) is 2. The number of hydrogen-bond acceptors (Lipinski definition) is 8. The van der Waals surface area contributed by atoms with Crippen LogP contribution in [-0.4, -0.2) is 25.7 Å². The lowest BCUT2D eigenvalue weighted by molar-refractivity contribution is -0.142. The summed E-state index contributed by atoms with van der Waals surface area (Å²) in [6.07, 6.45) is 1.85. The lowest BCUT2D eigenvalue weighted by atomic mass is 9.80. The summed E-state index contributed by atoms with van der Waals surface area (Å²) in [6.45, 7) is 6.10. The minimum absolute atomic E-state index is 0.159. The van der Waals surface area contributed by atoms with Crippen LogP contribution in [0.2, 0.25) is 0 Å². The van der Waals surface area contributed by atoms with E-state index < -0.39 is 17.9 Å². The molecule has 1 saturated carbocycles. The molecule has 7 nitrogen and oxygen atoms in total. The number of esters is 2. The van der Waals surface area contributed by atoms with Crippen LogP contribution in [-0.2, 0) is 19.1 Å². The minimum atomic E-state index is -0.760. The second kappa shape index (κ2) is 8.56. The monoisotopic (exact) mass is 465 g/mol. The number of nitrogens with one attached hydrogen (secondary N) is 1. The van der Waals surface area contributed by atoms with Gasteiger partial charge in [-0.05, 0) is 46.6 Å². The van der Waals surface area contributed by atoms with E-state index in [9.17, 15) is 14.9 Å². The maximum Gasteiger partial charge on any atom is 0.338 e. The number of carbonyl (C=O) groups excluding carboxylic acids is 2. The number of nitrogens with two attached hydrogens (primary N) is 1. The van der Waals surface area contributed by atoms with E-state index in [0.29, 0.717) is 16.8 Å². The first-order valence-electron chi connectivity index (χ1n) is 10.8. The van der Waals surface area contributed by atoms with Crippen molar-refractivity contribution >= 4 is 33.4 Å². The highest BCUT2D eigenvalue weighted by atomic mass is 32.1. The summed E-state index contributed by atoms with van der Waals surface area (Å²) < 4.78 is 11.6. The summed E-state index contributed by atoms with van der Waals surface area (Å²) >= 11 is 1.40. The SMILES string of the molecule is COC(=O)C1=C(C2CC2)NC(N)=C(C(=O)OCC(C)(C)C)C1c1csc2c(C#N)cccc12. The number of hydrogen-bond donors (Lipinski definition) is 2. The van der Waals surface area contributed by atoms with E-state index in [1.807, 2.05) is 32.2 Å². The molecule has 172 valence electrons. The second-order valence-corrected chi connectivity index (χ2v) is 10.5. The van der Waals surface area contributed by atoms with Gasteiger partial charge in [0.2, 0.25) is 0 Å². The Morgan fingerprint density at radius 2 is 1.97 bits per heavy atom. The van der Waals surface area contributed by atoms with Gasteiger partial charge >= 0.3 is 11.9 Å². The van der Waals surface area contributed by atoms with Crippen molar-refractivity contribution in [1.29, 1.82) is 5.26 Å². The molecule has 1 aliphatic heterocycles. The topological polar surface area (TPSA) is 114 Å². The molecule has 0 spiro atoms. The molecule has 2 heterocycles. The van der Waals surface area contributed by atoms with Crippen LogP contribution < -0.4 is 11.1 Å². The molecule has 0 radical (unpaired) electrons. The quantitative estimate of drug-likeness (QED) is 0.640. The van der Waals surface area contributed by atoms with Crippen molar-refractivity contribution in [1.82, 2.24) is 5.32 Å². The molecule has 3 N–H and O–H groups in total. The molecule has 4 rings (SSSR count). The van der Waals surface area contributed by atoms with Crippen molar-refractivity contribution in [2.75, 3.05) is 13.7 Å². The summed E-state index contributed by atoms with van der Waals surface area (Å²) in [4.78, 5) is 26.4. The van der Waals surface area contributed by atoms with Crippen LogP contribution in [0.25, 0.3) is 10.1 Å². The predicted octanol–water partition coefficient (Wildman–Crippen LogP) is 4.06. The number of benzene rings is 1. The van der Waals surface area contributed by atoms with Gasteiger partial charge in [-0.1, -0.05) is 32.9 Å². The van der Waals surface area contributed by atoms with Crippen LogP contribution in [0.3, 0.4) is 0 Å². The summed E-state index contributed by atoms with van der Waals surface area (Å²) in [7, 11) is 1.33. The maximum absolute atomic E-state index is 13.3. The van der Waals surface area contributed by atoms with Crippen molar-refractivity contribution in [2.45, 2.75) is 39.5 Å². The summed E-state index contributed by atoms with van der Waals surface area (Å²) in [5.41, 5.74) is 8.71. The van der Waals surface area contributed by atoms with E-state index in [2.05, 4.69) is 11.4 Å². The number of rotatable bonds is 5. The van der Waals surface area contributed by atoms with Crippen LogP contribution in [0.15, 0.2) is 46.2 Å². The molecule has 1 aromatic carbocycles. The molecule has 33 heavy (non-hydrogen) atoms. The number of carbonyl (C=O) groups is 2. The fourth-order valence-electron chi connectivity index (χ4n) is 4.05. The van der Waals surface area contributed by atoms with Gasteiger partial charge in [0.1, 0.15) is 11.9 Å². The Morgan fingerprint density at radius 3 is 2.58 bits per heavy atom. The first-order valence-corrected chi connectivity index (χ1v) is 11.7. The summed E-state index contributed by atoms with van der Waals surface area (Å²) in [6, 6.07) is 7.66. The van der Waals surface area contributed by atoms with Crippen molar-refractivity contribution in [3.63, 3.8) is 0 Å². The number of nitrogens with zero attached hydrogens (tertiary/aromatic N) is 1. The van der Waals surface area contributed by atoms with E-state index >= 15 is 0 Å². The summed E-state index contributed by atoms with van der Waals surface area (Å²) in [5.74, 6) is -1.51. The Balaban J connectivity index is 1.92. The molecule has 0 amide bonds.